The fourth-order valence-corrected chi connectivity index (χ4v) is 11.2. The van der Waals surface area contributed by atoms with Gasteiger partial charge < -0.3 is 24.1 Å². The number of ether oxygens (including phenoxy) is 4. The number of allylic oxidation sites excluding steroid dienone is 1. The first-order chi connectivity index (χ1) is 17.7. The molecule has 8 rings (SSSR count). The lowest BCUT2D eigenvalue weighted by molar-refractivity contribution is -0.177. The van der Waals surface area contributed by atoms with Gasteiger partial charge in [-0.2, -0.15) is 0 Å². The van der Waals surface area contributed by atoms with Crippen LogP contribution in [0.1, 0.15) is 60.3 Å². The molecule has 8 aliphatic rings. The van der Waals surface area contributed by atoms with Gasteiger partial charge in [0.25, 0.3) is 0 Å². The molecule has 0 aromatic carbocycles. The molecular weight excluding hydrogens is 492 g/mol. The number of esters is 3. The normalized spacial score (nSPS) is 56.5. The molecule has 0 aromatic heterocycles. The number of hydrogen-bond donors (Lipinski definition) is 1. The molecule has 4 aliphatic carbocycles. The van der Waals surface area contributed by atoms with Crippen LogP contribution in [0.3, 0.4) is 0 Å². The van der Waals surface area contributed by atoms with Gasteiger partial charge in [0.05, 0.1) is 17.4 Å². The predicted octanol–water partition coefficient (Wildman–Crippen LogP) is 1.95. The molecule has 4 aliphatic heterocycles. The van der Waals surface area contributed by atoms with E-state index in [-0.39, 0.29) is 36.4 Å². The van der Waals surface area contributed by atoms with Crippen LogP contribution in [-0.2, 0) is 38.1 Å². The van der Waals surface area contributed by atoms with E-state index in [4.69, 9.17) is 18.9 Å². The van der Waals surface area contributed by atoms with Crippen molar-refractivity contribution in [2.75, 3.05) is 0 Å². The Morgan fingerprint density at radius 1 is 1.03 bits per heavy atom. The number of Topliss-reactive ketones (excluding diaryl/α,β-unsaturated/α-hetero) is 1. The molecule has 6 fully saturated rings. The average molecular weight is 525 g/mol. The highest BCUT2D eigenvalue weighted by Gasteiger charge is 2.92. The van der Waals surface area contributed by atoms with Crippen molar-refractivity contribution < 1.29 is 43.2 Å². The van der Waals surface area contributed by atoms with Crippen LogP contribution in [0.5, 0.6) is 0 Å². The van der Waals surface area contributed by atoms with Crippen molar-refractivity contribution in [1.29, 1.82) is 0 Å². The number of hydrogen-bond acceptors (Lipinski definition) is 9. The number of ketones is 1. The van der Waals surface area contributed by atoms with Crippen molar-refractivity contribution in [1.82, 2.24) is 0 Å². The maximum Gasteiger partial charge on any atom is 0.338 e. The van der Waals surface area contributed by atoms with E-state index in [2.05, 4.69) is 0 Å². The first-order valence-corrected chi connectivity index (χ1v) is 13.7. The van der Waals surface area contributed by atoms with Crippen molar-refractivity contribution in [3.63, 3.8) is 0 Å². The van der Waals surface area contributed by atoms with E-state index in [1.807, 2.05) is 39.8 Å². The van der Waals surface area contributed by atoms with E-state index in [9.17, 15) is 24.3 Å². The Balaban J connectivity index is 1.41. The Morgan fingerprint density at radius 3 is 2.45 bits per heavy atom. The number of rotatable bonds is 0. The Hall–Kier alpha value is -2.52. The van der Waals surface area contributed by atoms with Gasteiger partial charge in [0, 0.05) is 46.2 Å². The first kappa shape index (κ1) is 23.4. The molecule has 3 saturated carbocycles. The number of fused-ring (bicyclic) bond motifs is 2. The number of aliphatic hydroxyl groups is 1. The summed E-state index contributed by atoms with van der Waals surface area (Å²) in [6.45, 7) is 9.54. The van der Waals surface area contributed by atoms with E-state index in [1.165, 1.54) is 0 Å². The summed E-state index contributed by atoms with van der Waals surface area (Å²) in [4.78, 5) is 53.4. The molecule has 4 spiro atoms. The molecule has 3 saturated heterocycles. The summed E-state index contributed by atoms with van der Waals surface area (Å²) in [6, 6.07) is 0. The van der Waals surface area contributed by atoms with Crippen LogP contribution in [-0.4, -0.2) is 63.9 Å². The maximum absolute atomic E-state index is 14.8. The third-order valence-electron chi connectivity index (χ3n) is 12.2. The van der Waals surface area contributed by atoms with Gasteiger partial charge in [0.1, 0.15) is 23.4 Å². The third kappa shape index (κ3) is 1.98. The molecule has 4 heterocycles. The SMILES string of the molecule is CC1=C[C@@]2(OC1=O)[C@H]1[C@@H](C)[C@@H]3OC(=O)C[C@]3(C)[C@]13C[C@]21C[C@]24OC(=O)[C@H](O)[C@H]2OC(C)(C)[C@@H]4CC=C1C3=O. The van der Waals surface area contributed by atoms with Crippen LogP contribution in [0.2, 0.25) is 0 Å². The van der Waals surface area contributed by atoms with Crippen LogP contribution < -0.4 is 0 Å². The Labute approximate surface area is 219 Å². The standard InChI is InChI=1S/C29H32O9/c1-12-8-29(38-22(12)33)18-13(2)20-25(5,9-16(30)35-20)27(18)10-26(29)11-28-15(7-6-14(26)19(27)32)24(3,4)36-21(28)17(31)23(34)37-28/h6,8,13,15,17-18,20-21,31H,7,9-11H2,1-5H3/t13-,15+,17-,18+,20+,21-,25+,26-,27-,28-,29-/m1/s1. The number of carbonyl (C=O) groups excluding carboxylic acids is 4. The van der Waals surface area contributed by atoms with Crippen molar-refractivity contribution in [2.24, 2.45) is 34.0 Å². The predicted molar refractivity (Wildman–Crippen MR) is 127 cm³/mol. The van der Waals surface area contributed by atoms with Gasteiger partial charge in [-0.1, -0.05) is 19.9 Å². The molecule has 2 bridgehead atoms. The second kappa shape index (κ2) is 6.12. The lowest BCUT2D eigenvalue weighted by Crippen LogP contribution is -2.60. The monoisotopic (exact) mass is 524 g/mol. The molecule has 0 aromatic rings. The summed E-state index contributed by atoms with van der Waals surface area (Å²) in [6.07, 6.45) is 2.12. The highest BCUT2D eigenvalue weighted by molar-refractivity contribution is 6.09. The summed E-state index contributed by atoms with van der Waals surface area (Å²) < 4.78 is 24.8. The fraction of sp³-hybridized carbons (Fsp3) is 0.724. The molecule has 9 heteroatoms. The topological polar surface area (TPSA) is 125 Å². The van der Waals surface area contributed by atoms with Crippen LogP contribution >= 0.6 is 0 Å². The van der Waals surface area contributed by atoms with Crippen molar-refractivity contribution in [2.45, 2.75) is 95.4 Å². The van der Waals surface area contributed by atoms with Gasteiger partial charge in [-0.3, -0.25) is 9.59 Å². The van der Waals surface area contributed by atoms with E-state index in [0.29, 0.717) is 24.0 Å². The molecule has 202 valence electrons. The van der Waals surface area contributed by atoms with Crippen LogP contribution in [0.4, 0.5) is 0 Å². The Kier molecular flexibility index (Phi) is 3.76. The van der Waals surface area contributed by atoms with Gasteiger partial charge in [-0.15, -0.1) is 0 Å². The second-order valence-electron chi connectivity index (χ2n) is 14.0. The summed E-state index contributed by atoms with van der Waals surface area (Å²) in [5.74, 6) is -2.44. The molecule has 0 unspecified atom stereocenters. The highest BCUT2D eigenvalue weighted by Crippen LogP contribution is 2.85. The van der Waals surface area contributed by atoms with Gasteiger partial charge in [0.15, 0.2) is 11.9 Å². The number of aliphatic hydroxyl groups excluding tert-OH is 1. The van der Waals surface area contributed by atoms with E-state index in [1.54, 1.807) is 6.92 Å². The Bertz CT molecular complexity index is 1360. The molecular formula is C29H32O9. The van der Waals surface area contributed by atoms with E-state index >= 15 is 0 Å². The van der Waals surface area contributed by atoms with E-state index < -0.39 is 69.2 Å². The minimum absolute atomic E-state index is 0.00574. The van der Waals surface area contributed by atoms with Crippen molar-refractivity contribution >= 4 is 23.7 Å². The van der Waals surface area contributed by atoms with Crippen molar-refractivity contribution in [3.8, 4) is 0 Å². The highest BCUT2D eigenvalue weighted by atomic mass is 16.6. The number of carbonyl (C=O) groups is 4. The molecule has 11 atom stereocenters. The summed E-state index contributed by atoms with van der Waals surface area (Å²) >= 11 is 0. The Morgan fingerprint density at radius 2 is 1.76 bits per heavy atom. The molecule has 38 heavy (non-hydrogen) atoms. The smallest absolute Gasteiger partial charge is 0.338 e. The fourth-order valence-electron chi connectivity index (χ4n) is 11.2. The van der Waals surface area contributed by atoms with Crippen LogP contribution in [0.25, 0.3) is 0 Å². The van der Waals surface area contributed by atoms with Crippen molar-refractivity contribution in [3.05, 3.63) is 23.3 Å². The average Bonchev–Trinajstić information content (AvgIpc) is 3.55. The largest absolute Gasteiger partial charge is 0.461 e. The zero-order valence-corrected chi connectivity index (χ0v) is 22.2. The zero-order valence-electron chi connectivity index (χ0n) is 22.2. The zero-order chi connectivity index (χ0) is 27.0. The summed E-state index contributed by atoms with van der Waals surface area (Å²) in [7, 11) is 0. The first-order valence-electron chi connectivity index (χ1n) is 13.7. The molecule has 0 radical (unpaired) electrons. The molecule has 0 amide bonds. The lowest BCUT2D eigenvalue weighted by Gasteiger charge is -2.51. The van der Waals surface area contributed by atoms with Gasteiger partial charge >= 0.3 is 17.9 Å². The van der Waals surface area contributed by atoms with Gasteiger partial charge in [0.2, 0.25) is 0 Å². The lowest BCUT2D eigenvalue weighted by atomic mass is 9.55. The van der Waals surface area contributed by atoms with Gasteiger partial charge in [-0.25, -0.2) is 9.59 Å². The minimum Gasteiger partial charge on any atom is -0.461 e. The summed E-state index contributed by atoms with van der Waals surface area (Å²) in [5.41, 5.74) is -4.78. The minimum atomic E-state index is -1.44. The molecule has 1 N–H and O–H groups in total. The van der Waals surface area contributed by atoms with Crippen LogP contribution in [0, 0.1) is 34.0 Å². The second-order valence-corrected chi connectivity index (χ2v) is 14.0. The third-order valence-corrected chi connectivity index (χ3v) is 12.2. The summed E-state index contributed by atoms with van der Waals surface area (Å²) in [5, 5.41) is 10.9. The van der Waals surface area contributed by atoms with Crippen LogP contribution in [0.15, 0.2) is 23.3 Å². The molecule has 9 nitrogen and oxygen atoms in total. The quantitative estimate of drug-likeness (QED) is 0.374. The maximum atomic E-state index is 14.8. The van der Waals surface area contributed by atoms with Gasteiger partial charge in [-0.05, 0) is 39.7 Å². The van der Waals surface area contributed by atoms with E-state index in [0.717, 1.165) is 0 Å².